The molecular formula is C17H16FN3. The number of hydrogen-bond donors (Lipinski definition) is 1. The van der Waals surface area contributed by atoms with Gasteiger partial charge in [0, 0.05) is 37.4 Å². The predicted molar refractivity (Wildman–Crippen MR) is 80.3 cm³/mol. The first-order valence-electron chi connectivity index (χ1n) is 7.00. The van der Waals surface area contributed by atoms with Gasteiger partial charge >= 0.3 is 0 Å². The van der Waals surface area contributed by atoms with Gasteiger partial charge in [0.1, 0.15) is 5.82 Å². The Morgan fingerprint density at radius 3 is 2.90 bits per heavy atom. The van der Waals surface area contributed by atoms with Gasteiger partial charge in [-0.05, 0) is 23.8 Å². The summed E-state index contributed by atoms with van der Waals surface area (Å²) in [6.45, 7) is 3.04. The molecule has 4 heteroatoms. The Morgan fingerprint density at radius 1 is 1.24 bits per heavy atom. The van der Waals surface area contributed by atoms with Gasteiger partial charge in [-0.25, -0.2) is 4.39 Å². The Morgan fingerprint density at radius 2 is 2.10 bits per heavy atom. The Balaban J connectivity index is 1.90. The molecule has 3 rings (SSSR count). The number of nitriles is 1. The predicted octanol–water partition coefficient (Wildman–Crippen LogP) is 2.81. The maximum absolute atomic E-state index is 14.1. The molecule has 3 nitrogen and oxygen atoms in total. The van der Waals surface area contributed by atoms with E-state index in [0.29, 0.717) is 17.7 Å². The Labute approximate surface area is 123 Å². The normalized spacial score (nSPS) is 14.2. The van der Waals surface area contributed by atoms with Gasteiger partial charge < -0.3 is 10.2 Å². The van der Waals surface area contributed by atoms with Crippen LogP contribution in [0.1, 0.15) is 16.7 Å². The monoisotopic (exact) mass is 281 g/mol. The lowest BCUT2D eigenvalue weighted by atomic mass is 10.1. The van der Waals surface area contributed by atoms with Gasteiger partial charge in [-0.3, -0.25) is 0 Å². The molecule has 0 aromatic heterocycles. The summed E-state index contributed by atoms with van der Waals surface area (Å²) in [5.41, 5.74) is 3.34. The quantitative estimate of drug-likeness (QED) is 0.920. The molecule has 1 aliphatic heterocycles. The SMILES string of the molecule is N#Cc1ccc(CN2CCNCc3ccccc32)c(F)c1. The highest BCUT2D eigenvalue weighted by molar-refractivity contribution is 5.55. The topological polar surface area (TPSA) is 39.1 Å². The summed E-state index contributed by atoms with van der Waals surface area (Å²) in [6.07, 6.45) is 0. The second-order valence-corrected chi connectivity index (χ2v) is 5.15. The van der Waals surface area contributed by atoms with E-state index in [1.54, 1.807) is 12.1 Å². The average Bonchev–Trinajstić information content (AvgIpc) is 2.72. The molecule has 0 saturated heterocycles. The highest BCUT2D eigenvalue weighted by Gasteiger charge is 2.16. The molecule has 106 valence electrons. The van der Waals surface area contributed by atoms with Crippen LogP contribution in [0.15, 0.2) is 42.5 Å². The minimum Gasteiger partial charge on any atom is -0.366 e. The molecule has 1 aliphatic rings. The molecule has 2 aromatic carbocycles. The maximum atomic E-state index is 14.1. The summed E-state index contributed by atoms with van der Waals surface area (Å²) in [5, 5.41) is 12.2. The van der Waals surface area contributed by atoms with Crippen LogP contribution in [-0.4, -0.2) is 13.1 Å². The molecule has 0 aliphatic carbocycles. The zero-order chi connectivity index (χ0) is 14.7. The summed E-state index contributed by atoms with van der Waals surface area (Å²) in [7, 11) is 0. The first-order chi connectivity index (χ1) is 10.3. The van der Waals surface area contributed by atoms with Crippen LogP contribution in [0.25, 0.3) is 0 Å². The molecule has 0 radical (unpaired) electrons. The van der Waals surface area contributed by atoms with Gasteiger partial charge in [-0.1, -0.05) is 24.3 Å². The van der Waals surface area contributed by atoms with Crippen LogP contribution in [0.2, 0.25) is 0 Å². The number of hydrogen-bond acceptors (Lipinski definition) is 3. The van der Waals surface area contributed by atoms with Gasteiger partial charge in [-0.15, -0.1) is 0 Å². The maximum Gasteiger partial charge on any atom is 0.129 e. The smallest absolute Gasteiger partial charge is 0.129 e. The van der Waals surface area contributed by atoms with Crippen molar-refractivity contribution in [2.24, 2.45) is 0 Å². The van der Waals surface area contributed by atoms with Crippen molar-refractivity contribution in [1.82, 2.24) is 5.32 Å². The summed E-state index contributed by atoms with van der Waals surface area (Å²) in [6, 6.07) is 14.8. The van der Waals surface area contributed by atoms with Crippen molar-refractivity contribution >= 4 is 5.69 Å². The van der Waals surface area contributed by atoms with Crippen LogP contribution in [0.3, 0.4) is 0 Å². The van der Waals surface area contributed by atoms with Gasteiger partial charge in [0.05, 0.1) is 11.6 Å². The third-order valence-corrected chi connectivity index (χ3v) is 3.75. The van der Waals surface area contributed by atoms with Crippen molar-refractivity contribution in [3.05, 3.63) is 65.0 Å². The Hall–Kier alpha value is -2.38. The van der Waals surface area contributed by atoms with Crippen LogP contribution in [0.5, 0.6) is 0 Å². The van der Waals surface area contributed by atoms with Crippen molar-refractivity contribution in [2.45, 2.75) is 13.1 Å². The van der Waals surface area contributed by atoms with Gasteiger partial charge in [0.25, 0.3) is 0 Å². The summed E-state index contributed by atoms with van der Waals surface area (Å²) >= 11 is 0. The number of nitrogens with one attached hydrogen (secondary N) is 1. The van der Waals surface area contributed by atoms with E-state index in [-0.39, 0.29) is 5.82 Å². The van der Waals surface area contributed by atoms with E-state index in [2.05, 4.69) is 22.3 Å². The van der Waals surface area contributed by atoms with Crippen molar-refractivity contribution in [3.63, 3.8) is 0 Å². The molecule has 0 bridgehead atoms. The Kier molecular flexibility index (Phi) is 3.85. The number of nitrogens with zero attached hydrogens (tertiary/aromatic N) is 2. The van der Waals surface area contributed by atoms with Crippen LogP contribution in [-0.2, 0) is 13.1 Å². The second-order valence-electron chi connectivity index (χ2n) is 5.15. The fraction of sp³-hybridized carbons (Fsp3) is 0.235. The minimum atomic E-state index is -0.316. The number of para-hydroxylation sites is 1. The molecule has 0 saturated carbocycles. The molecule has 1 N–H and O–H groups in total. The molecule has 0 atom stereocenters. The standard InChI is InChI=1S/C17H16FN3/c18-16-9-13(10-19)5-6-15(16)12-21-8-7-20-11-14-3-1-2-4-17(14)21/h1-6,9,20H,7-8,11-12H2. The summed E-state index contributed by atoms with van der Waals surface area (Å²) in [5.74, 6) is -0.316. The van der Waals surface area contributed by atoms with E-state index in [9.17, 15) is 4.39 Å². The van der Waals surface area contributed by atoms with E-state index in [4.69, 9.17) is 5.26 Å². The fourth-order valence-corrected chi connectivity index (χ4v) is 2.64. The van der Waals surface area contributed by atoms with Crippen LogP contribution in [0, 0.1) is 17.1 Å². The molecule has 0 fully saturated rings. The number of rotatable bonds is 2. The van der Waals surface area contributed by atoms with Gasteiger partial charge in [0.15, 0.2) is 0 Å². The molecule has 0 spiro atoms. The third kappa shape index (κ3) is 2.88. The lowest BCUT2D eigenvalue weighted by Gasteiger charge is -2.25. The number of fused-ring (bicyclic) bond motifs is 1. The minimum absolute atomic E-state index is 0.316. The summed E-state index contributed by atoms with van der Waals surface area (Å²) < 4.78 is 14.1. The van der Waals surface area contributed by atoms with E-state index in [1.165, 1.54) is 11.6 Å². The van der Waals surface area contributed by atoms with Gasteiger partial charge in [0.2, 0.25) is 0 Å². The van der Waals surface area contributed by atoms with Crippen LogP contribution < -0.4 is 10.2 Å². The number of halogens is 1. The highest BCUT2D eigenvalue weighted by atomic mass is 19.1. The Bertz CT molecular complexity index is 691. The molecular weight excluding hydrogens is 265 g/mol. The number of anilines is 1. The van der Waals surface area contributed by atoms with E-state index in [1.807, 2.05) is 18.2 Å². The average molecular weight is 281 g/mol. The molecule has 21 heavy (non-hydrogen) atoms. The first kappa shape index (κ1) is 13.6. The van der Waals surface area contributed by atoms with Crippen molar-refractivity contribution in [3.8, 4) is 6.07 Å². The van der Waals surface area contributed by atoms with Crippen LogP contribution >= 0.6 is 0 Å². The van der Waals surface area contributed by atoms with E-state index in [0.717, 1.165) is 25.3 Å². The first-order valence-corrected chi connectivity index (χ1v) is 7.00. The van der Waals surface area contributed by atoms with Crippen LogP contribution in [0.4, 0.5) is 10.1 Å². The largest absolute Gasteiger partial charge is 0.366 e. The second kappa shape index (κ2) is 5.94. The zero-order valence-electron chi connectivity index (χ0n) is 11.6. The van der Waals surface area contributed by atoms with Crippen molar-refractivity contribution < 1.29 is 4.39 Å². The fourth-order valence-electron chi connectivity index (χ4n) is 2.64. The zero-order valence-corrected chi connectivity index (χ0v) is 11.6. The third-order valence-electron chi connectivity index (χ3n) is 3.75. The lowest BCUT2D eigenvalue weighted by molar-refractivity contribution is 0.601. The lowest BCUT2D eigenvalue weighted by Crippen LogP contribution is -2.28. The molecule has 0 unspecified atom stereocenters. The highest BCUT2D eigenvalue weighted by Crippen LogP contribution is 2.24. The van der Waals surface area contributed by atoms with Crippen molar-refractivity contribution in [2.75, 3.05) is 18.0 Å². The molecule has 0 amide bonds. The van der Waals surface area contributed by atoms with Crippen molar-refractivity contribution in [1.29, 1.82) is 5.26 Å². The van der Waals surface area contributed by atoms with E-state index < -0.39 is 0 Å². The van der Waals surface area contributed by atoms with Gasteiger partial charge in [-0.2, -0.15) is 5.26 Å². The number of benzene rings is 2. The molecule has 2 aromatic rings. The molecule has 1 heterocycles. The summed E-state index contributed by atoms with van der Waals surface area (Å²) in [4.78, 5) is 2.18. The van der Waals surface area contributed by atoms with E-state index >= 15 is 0 Å².